The number of sulfonamides is 1. The van der Waals surface area contributed by atoms with E-state index in [0.29, 0.717) is 18.7 Å². The second-order valence-corrected chi connectivity index (χ2v) is 6.80. The van der Waals surface area contributed by atoms with Crippen molar-refractivity contribution < 1.29 is 13.2 Å². The van der Waals surface area contributed by atoms with Crippen molar-refractivity contribution in [2.45, 2.75) is 11.3 Å². The molecular formula is C14H17ClN2O3S. The van der Waals surface area contributed by atoms with Crippen LogP contribution in [0.1, 0.15) is 5.56 Å². The summed E-state index contributed by atoms with van der Waals surface area (Å²) in [5.41, 5.74) is 1.08. The topological polar surface area (TPSA) is 60.3 Å². The van der Waals surface area contributed by atoms with Gasteiger partial charge < -0.3 is 9.30 Å². The molecule has 5 nitrogen and oxygen atoms in total. The van der Waals surface area contributed by atoms with Gasteiger partial charge in [0.05, 0.1) is 17.0 Å². The van der Waals surface area contributed by atoms with E-state index in [4.69, 9.17) is 16.3 Å². The minimum atomic E-state index is -3.57. The molecule has 21 heavy (non-hydrogen) atoms. The lowest BCUT2D eigenvalue weighted by atomic mass is 10.2. The highest BCUT2D eigenvalue weighted by atomic mass is 35.5. The number of aromatic nitrogens is 1. The summed E-state index contributed by atoms with van der Waals surface area (Å²) in [5, 5.41) is 0.267. The fraction of sp³-hybridized carbons (Fsp3) is 0.286. The summed E-state index contributed by atoms with van der Waals surface area (Å²) in [4.78, 5) is 0.126. The molecule has 1 aromatic carbocycles. The second kappa shape index (κ2) is 6.51. The Kier molecular flexibility index (Phi) is 4.92. The van der Waals surface area contributed by atoms with Crippen LogP contribution in [0.3, 0.4) is 0 Å². The maximum Gasteiger partial charge on any atom is 0.240 e. The van der Waals surface area contributed by atoms with Crippen molar-refractivity contribution in [2.75, 3.05) is 13.7 Å². The lowest BCUT2D eigenvalue weighted by molar-refractivity contribution is 0.414. The van der Waals surface area contributed by atoms with Crippen molar-refractivity contribution >= 4 is 21.6 Å². The van der Waals surface area contributed by atoms with Crippen molar-refractivity contribution in [3.8, 4) is 5.75 Å². The van der Waals surface area contributed by atoms with Crippen molar-refractivity contribution in [3.05, 3.63) is 47.2 Å². The third kappa shape index (κ3) is 4.00. The molecule has 0 saturated carbocycles. The summed E-state index contributed by atoms with van der Waals surface area (Å²) in [6.07, 6.45) is 4.51. The van der Waals surface area contributed by atoms with E-state index in [1.165, 1.54) is 25.3 Å². The molecule has 0 bridgehead atoms. The molecule has 0 aliphatic heterocycles. The first-order valence-electron chi connectivity index (χ1n) is 6.36. The zero-order valence-corrected chi connectivity index (χ0v) is 13.4. The number of ether oxygens (including phenoxy) is 1. The molecule has 2 rings (SSSR count). The van der Waals surface area contributed by atoms with E-state index in [0.717, 1.165) is 5.56 Å². The summed E-state index contributed by atoms with van der Waals surface area (Å²) in [6.45, 7) is 0.329. The number of nitrogens with one attached hydrogen (secondary N) is 1. The first kappa shape index (κ1) is 15.9. The number of halogens is 1. The Hall–Kier alpha value is -1.50. The predicted octanol–water partition coefficient (Wildman–Crippen LogP) is 2.21. The fourth-order valence-corrected chi connectivity index (χ4v) is 3.32. The minimum absolute atomic E-state index is 0.126. The maximum absolute atomic E-state index is 12.2. The lowest BCUT2D eigenvalue weighted by Crippen LogP contribution is -2.25. The van der Waals surface area contributed by atoms with Gasteiger partial charge in [-0.15, -0.1) is 0 Å². The number of hydrogen-bond acceptors (Lipinski definition) is 3. The first-order chi connectivity index (χ1) is 9.92. The first-order valence-corrected chi connectivity index (χ1v) is 8.22. The van der Waals surface area contributed by atoms with Gasteiger partial charge in [0.1, 0.15) is 5.75 Å². The van der Waals surface area contributed by atoms with Gasteiger partial charge >= 0.3 is 0 Å². The van der Waals surface area contributed by atoms with Crippen LogP contribution in [-0.4, -0.2) is 26.6 Å². The highest BCUT2D eigenvalue weighted by molar-refractivity contribution is 7.89. The molecular weight excluding hydrogens is 312 g/mol. The molecule has 0 unspecified atom stereocenters. The van der Waals surface area contributed by atoms with E-state index in [9.17, 15) is 8.42 Å². The van der Waals surface area contributed by atoms with Crippen LogP contribution in [0.5, 0.6) is 5.75 Å². The Morgan fingerprint density at radius 2 is 2.10 bits per heavy atom. The smallest absolute Gasteiger partial charge is 0.240 e. The van der Waals surface area contributed by atoms with E-state index < -0.39 is 10.0 Å². The normalized spacial score (nSPS) is 11.6. The molecule has 114 valence electrons. The lowest BCUT2D eigenvalue weighted by Gasteiger charge is -2.08. The summed E-state index contributed by atoms with van der Waals surface area (Å²) in [5.74, 6) is 0.444. The summed E-state index contributed by atoms with van der Waals surface area (Å²) in [7, 11) is -0.165. The third-order valence-corrected chi connectivity index (χ3v) is 4.79. The van der Waals surface area contributed by atoms with Crippen LogP contribution in [-0.2, 0) is 23.5 Å². The average Bonchev–Trinajstić information content (AvgIpc) is 2.84. The van der Waals surface area contributed by atoms with Crippen molar-refractivity contribution in [2.24, 2.45) is 7.05 Å². The molecule has 1 N–H and O–H groups in total. The molecule has 0 radical (unpaired) electrons. The Labute approximate surface area is 129 Å². The molecule has 2 aromatic rings. The van der Waals surface area contributed by atoms with Gasteiger partial charge in [-0.25, -0.2) is 13.1 Å². The molecule has 0 spiro atoms. The monoisotopic (exact) mass is 328 g/mol. The van der Waals surface area contributed by atoms with Gasteiger partial charge in [0.15, 0.2) is 0 Å². The van der Waals surface area contributed by atoms with Gasteiger partial charge in [0.2, 0.25) is 10.0 Å². The molecule has 0 aliphatic rings. The van der Waals surface area contributed by atoms with Gasteiger partial charge in [-0.1, -0.05) is 11.6 Å². The van der Waals surface area contributed by atoms with Crippen LogP contribution in [0.25, 0.3) is 0 Å². The molecule has 1 heterocycles. The number of aryl methyl sites for hydroxylation is 1. The zero-order valence-electron chi connectivity index (χ0n) is 11.8. The van der Waals surface area contributed by atoms with Gasteiger partial charge in [0, 0.05) is 26.0 Å². The van der Waals surface area contributed by atoms with E-state index in [1.807, 2.05) is 30.1 Å². The number of nitrogens with zero attached hydrogens (tertiary/aromatic N) is 1. The van der Waals surface area contributed by atoms with Crippen molar-refractivity contribution in [3.63, 3.8) is 0 Å². The maximum atomic E-state index is 12.2. The van der Waals surface area contributed by atoms with Crippen molar-refractivity contribution in [1.82, 2.24) is 9.29 Å². The molecule has 1 aromatic heterocycles. The predicted molar refractivity (Wildman–Crippen MR) is 82.3 cm³/mol. The average molecular weight is 329 g/mol. The highest BCUT2D eigenvalue weighted by Crippen LogP contribution is 2.26. The van der Waals surface area contributed by atoms with Gasteiger partial charge in [-0.05, 0) is 36.2 Å². The number of hydrogen-bond donors (Lipinski definition) is 1. The van der Waals surface area contributed by atoms with Crippen LogP contribution in [0.2, 0.25) is 5.02 Å². The van der Waals surface area contributed by atoms with E-state index in [2.05, 4.69) is 4.72 Å². The van der Waals surface area contributed by atoms with E-state index in [1.54, 1.807) is 0 Å². The van der Waals surface area contributed by atoms with Crippen LogP contribution in [0.4, 0.5) is 0 Å². The highest BCUT2D eigenvalue weighted by Gasteiger charge is 2.15. The van der Waals surface area contributed by atoms with E-state index >= 15 is 0 Å². The Bertz CT molecular complexity index is 726. The fourth-order valence-electron chi connectivity index (χ4n) is 1.94. The van der Waals surface area contributed by atoms with Crippen LogP contribution < -0.4 is 9.46 Å². The molecule has 0 aliphatic carbocycles. The van der Waals surface area contributed by atoms with Gasteiger partial charge in [-0.3, -0.25) is 0 Å². The Morgan fingerprint density at radius 3 is 2.67 bits per heavy atom. The second-order valence-electron chi connectivity index (χ2n) is 4.63. The molecule has 0 saturated heterocycles. The summed E-state index contributed by atoms with van der Waals surface area (Å²) < 4.78 is 33.8. The number of benzene rings is 1. The summed E-state index contributed by atoms with van der Waals surface area (Å²) >= 11 is 5.95. The van der Waals surface area contributed by atoms with E-state index in [-0.39, 0.29) is 9.92 Å². The standard InChI is InChI=1S/C14H17ClN2O3S/c1-17-8-6-11(10-17)5-7-16-21(18,19)12-3-4-14(20-2)13(15)9-12/h3-4,6,8-10,16H,5,7H2,1-2H3. The van der Waals surface area contributed by atoms with Crippen molar-refractivity contribution in [1.29, 1.82) is 0 Å². The molecule has 0 amide bonds. The molecule has 0 atom stereocenters. The largest absolute Gasteiger partial charge is 0.495 e. The number of rotatable bonds is 6. The van der Waals surface area contributed by atoms with Crippen LogP contribution in [0, 0.1) is 0 Å². The van der Waals surface area contributed by atoms with Crippen LogP contribution in [0.15, 0.2) is 41.6 Å². The van der Waals surface area contributed by atoms with Gasteiger partial charge in [0.25, 0.3) is 0 Å². The minimum Gasteiger partial charge on any atom is -0.495 e. The Balaban J connectivity index is 2.02. The third-order valence-electron chi connectivity index (χ3n) is 3.03. The van der Waals surface area contributed by atoms with Crippen LogP contribution >= 0.6 is 11.6 Å². The number of methoxy groups -OCH3 is 1. The Morgan fingerprint density at radius 1 is 1.33 bits per heavy atom. The van der Waals surface area contributed by atoms with Gasteiger partial charge in [-0.2, -0.15) is 0 Å². The SMILES string of the molecule is COc1ccc(S(=O)(=O)NCCc2ccn(C)c2)cc1Cl. The quantitative estimate of drug-likeness (QED) is 0.884. The molecule has 0 fully saturated rings. The molecule has 7 heteroatoms. The zero-order chi connectivity index (χ0) is 15.5. The summed E-state index contributed by atoms with van der Waals surface area (Å²) in [6, 6.07) is 6.34.